The van der Waals surface area contributed by atoms with E-state index in [1.165, 1.54) is 4.88 Å². The van der Waals surface area contributed by atoms with Crippen LogP contribution in [0, 0.1) is 6.92 Å². The molecule has 0 atom stereocenters. The van der Waals surface area contributed by atoms with Gasteiger partial charge in [0.1, 0.15) is 0 Å². The molecule has 0 unspecified atom stereocenters. The third kappa shape index (κ3) is 6.25. The lowest BCUT2D eigenvalue weighted by atomic mass is 10.3. The summed E-state index contributed by atoms with van der Waals surface area (Å²) >= 11 is 1.73. The van der Waals surface area contributed by atoms with Gasteiger partial charge in [0.15, 0.2) is 5.96 Å². The Balaban J connectivity index is 0.00000264. The third-order valence-electron chi connectivity index (χ3n) is 3.62. The van der Waals surface area contributed by atoms with Crippen LogP contribution in [0.4, 0.5) is 0 Å². The number of rotatable bonds is 4. The van der Waals surface area contributed by atoms with E-state index in [4.69, 9.17) is 4.99 Å². The van der Waals surface area contributed by atoms with Crippen molar-refractivity contribution in [1.82, 2.24) is 20.1 Å². The highest BCUT2D eigenvalue weighted by Crippen LogP contribution is 2.11. The Kier molecular flexibility index (Phi) is 8.82. The van der Waals surface area contributed by atoms with Crippen LogP contribution in [-0.2, 0) is 11.2 Å². The molecule has 0 aromatic carbocycles. The highest BCUT2D eigenvalue weighted by molar-refractivity contribution is 14.0. The van der Waals surface area contributed by atoms with E-state index in [0.717, 1.165) is 56.7 Å². The number of carbonyl (C=O) groups excluding carboxylic acids is 1. The summed E-state index contributed by atoms with van der Waals surface area (Å²) in [5.41, 5.74) is 0. The monoisotopic (exact) mass is 451 g/mol. The Bertz CT molecular complexity index is 526. The number of aromatic nitrogens is 1. The lowest BCUT2D eigenvalue weighted by Crippen LogP contribution is -2.53. The van der Waals surface area contributed by atoms with E-state index >= 15 is 0 Å². The lowest BCUT2D eigenvalue weighted by Gasteiger charge is -2.36. The fourth-order valence-electron chi connectivity index (χ4n) is 2.43. The highest BCUT2D eigenvalue weighted by atomic mass is 127. The van der Waals surface area contributed by atoms with Crippen molar-refractivity contribution in [2.45, 2.75) is 27.2 Å². The molecule has 0 bridgehead atoms. The van der Waals surface area contributed by atoms with Crippen LogP contribution in [-0.4, -0.2) is 65.9 Å². The summed E-state index contributed by atoms with van der Waals surface area (Å²) < 4.78 is 0. The molecule has 1 aliphatic heterocycles. The Morgan fingerprint density at radius 2 is 2.00 bits per heavy atom. The molecule has 1 fully saturated rings. The number of thiazole rings is 1. The number of amides is 1. The summed E-state index contributed by atoms with van der Waals surface area (Å²) in [5, 5.41) is 4.48. The smallest absolute Gasteiger partial charge is 0.219 e. The topological polar surface area (TPSA) is 60.8 Å². The number of guanidine groups is 1. The molecule has 1 amide bonds. The number of nitrogens with one attached hydrogen (secondary N) is 1. The molecule has 130 valence electrons. The zero-order valence-corrected chi connectivity index (χ0v) is 17.2. The van der Waals surface area contributed by atoms with Crippen LogP contribution in [0.3, 0.4) is 0 Å². The first kappa shape index (κ1) is 20.1. The van der Waals surface area contributed by atoms with Crippen molar-refractivity contribution in [3.05, 3.63) is 16.1 Å². The van der Waals surface area contributed by atoms with E-state index in [2.05, 4.69) is 29.0 Å². The van der Waals surface area contributed by atoms with E-state index in [1.54, 1.807) is 18.3 Å². The van der Waals surface area contributed by atoms with Gasteiger partial charge in [-0.1, -0.05) is 0 Å². The van der Waals surface area contributed by atoms with Crippen molar-refractivity contribution in [2.24, 2.45) is 4.99 Å². The Morgan fingerprint density at radius 1 is 1.35 bits per heavy atom. The van der Waals surface area contributed by atoms with Crippen LogP contribution < -0.4 is 5.32 Å². The van der Waals surface area contributed by atoms with Gasteiger partial charge in [0, 0.05) is 63.7 Å². The number of hydrogen-bond donors (Lipinski definition) is 1. The number of aliphatic imine (C=N–C) groups is 1. The van der Waals surface area contributed by atoms with E-state index in [-0.39, 0.29) is 29.9 Å². The maximum Gasteiger partial charge on any atom is 0.219 e. The van der Waals surface area contributed by atoms with Gasteiger partial charge in [-0.25, -0.2) is 4.98 Å². The quantitative estimate of drug-likeness (QED) is 0.431. The second kappa shape index (κ2) is 10.1. The number of carbonyl (C=O) groups is 1. The van der Waals surface area contributed by atoms with E-state index in [1.807, 2.05) is 11.1 Å². The summed E-state index contributed by atoms with van der Waals surface area (Å²) in [7, 11) is 0. The van der Waals surface area contributed by atoms with Crippen molar-refractivity contribution in [2.75, 3.05) is 39.3 Å². The normalized spacial score (nSPS) is 15.3. The fraction of sp³-hybridized carbons (Fsp3) is 0.667. The molecule has 2 rings (SSSR count). The second-order valence-electron chi connectivity index (χ2n) is 5.34. The van der Waals surface area contributed by atoms with Gasteiger partial charge in [-0.05, 0) is 13.8 Å². The lowest BCUT2D eigenvalue weighted by molar-refractivity contribution is -0.130. The van der Waals surface area contributed by atoms with Gasteiger partial charge in [-0.3, -0.25) is 9.79 Å². The number of nitrogens with zero attached hydrogens (tertiary/aromatic N) is 4. The van der Waals surface area contributed by atoms with E-state index in [9.17, 15) is 4.79 Å². The van der Waals surface area contributed by atoms with Gasteiger partial charge >= 0.3 is 0 Å². The van der Waals surface area contributed by atoms with E-state index < -0.39 is 0 Å². The van der Waals surface area contributed by atoms with Crippen LogP contribution in [0.1, 0.15) is 23.7 Å². The van der Waals surface area contributed by atoms with Gasteiger partial charge in [0.05, 0.1) is 5.01 Å². The van der Waals surface area contributed by atoms with E-state index in [0.29, 0.717) is 0 Å². The number of aryl methyl sites for hydroxylation is 1. The molecule has 0 spiro atoms. The molecule has 1 saturated heterocycles. The van der Waals surface area contributed by atoms with Crippen molar-refractivity contribution in [3.63, 3.8) is 0 Å². The maximum absolute atomic E-state index is 11.4. The molecular formula is C15H26IN5OS. The zero-order chi connectivity index (χ0) is 15.9. The van der Waals surface area contributed by atoms with Crippen molar-refractivity contribution in [1.29, 1.82) is 0 Å². The first-order valence-corrected chi connectivity index (χ1v) is 8.62. The minimum Gasteiger partial charge on any atom is -0.357 e. The Hall–Kier alpha value is -0.900. The molecule has 0 radical (unpaired) electrons. The van der Waals surface area contributed by atoms with Crippen molar-refractivity contribution >= 4 is 47.2 Å². The SMILES string of the molecule is CCNC(=NCCc1ncc(C)s1)N1CCN(C(C)=O)CC1.I. The zero-order valence-electron chi connectivity index (χ0n) is 14.0. The van der Waals surface area contributed by atoms with Gasteiger partial charge < -0.3 is 15.1 Å². The fourth-order valence-corrected chi connectivity index (χ4v) is 3.21. The molecule has 1 aliphatic rings. The van der Waals surface area contributed by atoms with Gasteiger partial charge in [-0.15, -0.1) is 35.3 Å². The second-order valence-corrected chi connectivity index (χ2v) is 6.66. The Labute approximate surface area is 159 Å². The van der Waals surface area contributed by atoms with Crippen LogP contribution in [0.2, 0.25) is 0 Å². The van der Waals surface area contributed by atoms with Crippen LogP contribution in [0.5, 0.6) is 0 Å². The van der Waals surface area contributed by atoms with Crippen molar-refractivity contribution in [3.8, 4) is 0 Å². The maximum atomic E-state index is 11.4. The largest absolute Gasteiger partial charge is 0.357 e. The average Bonchev–Trinajstić information content (AvgIpc) is 2.92. The molecule has 1 aromatic rings. The molecule has 1 N–H and O–H groups in total. The minimum absolute atomic E-state index is 0. The summed E-state index contributed by atoms with van der Waals surface area (Å²) in [6.07, 6.45) is 2.79. The molecule has 8 heteroatoms. The number of hydrogen-bond acceptors (Lipinski definition) is 4. The first-order valence-electron chi connectivity index (χ1n) is 7.80. The number of halogens is 1. The molecule has 0 saturated carbocycles. The summed E-state index contributed by atoms with van der Waals surface area (Å²) in [6.45, 7) is 10.6. The standard InChI is InChI=1S/C15H25N5OS.HI/c1-4-16-15(17-6-5-14-18-11-12(2)22-14)20-9-7-19(8-10-20)13(3)21;/h11H,4-10H2,1-3H3,(H,16,17);1H. The van der Waals surface area contributed by atoms with Gasteiger partial charge in [0.25, 0.3) is 0 Å². The Morgan fingerprint density at radius 3 is 2.52 bits per heavy atom. The predicted molar refractivity (Wildman–Crippen MR) is 106 cm³/mol. The van der Waals surface area contributed by atoms with Crippen LogP contribution >= 0.6 is 35.3 Å². The summed E-state index contributed by atoms with van der Waals surface area (Å²) in [5.74, 6) is 1.10. The number of piperazine rings is 1. The highest BCUT2D eigenvalue weighted by Gasteiger charge is 2.20. The summed E-state index contributed by atoms with van der Waals surface area (Å²) in [4.78, 5) is 25.8. The molecule has 6 nitrogen and oxygen atoms in total. The molecule has 2 heterocycles. The first-order chi connectivity index (χ1) is 10.6. The molecule has 23 heavy (non-hydrogen) atoms. The van der Waals surface area contributed by atoms with Gasteiger partial charge in [0.2, 0.25) is 5.91 Å². The predicted octanol–water partition coefficient (Wildman–Crippen LogP) is 1.74. The molecule has 0 aliphatic carbocycles. The minimum atomic E-state index is 0. The van der Waals surface area contributed by atoms with Crippen molar-refractivity contribution < 1.29 is 4.79 Å². The van der Waals surface area contributed by atoms with Gasteiger partial charge in [-0.2, -0.15) is 0 Å². The summed E-state index contributed by atoms with van der Waals surface area (Å²) in [6, 6.07) is 0. The third-order valence-corrected chi connectivity index (χ3v) is 4.59. The molecule has 1 aromatic heterocycles. The van der Waals surface area contributed by atoms with Crippen LogP contribution in [0.25, 0.3) is 0 Å². The molecular weight excluding hydrogens is 425 g/mol. The average molecular weight is 451 g/mol. The van der Waals surface area contributed by atoms with Crippen LogP contribution in [0.15, 0.2) is 11.2 Å².